The Morgan fingerprint density at radius 2 is 2.17 bits per heavy atom. The summed E-state index contributed by atoms with van der Waals surface area (Å²) in [6.45, 7) is 22.2. The van der Waals surface area contributed by atoms with Crippen LogP contribution in [0.5, 0.6) is 0 Å². The average molecular weight is 479 g/mol. The van der Waals surface area contributed by atoms with E-state index in [-0.39, 0.29) is 42.2 Å². The van der Waals surface area contributed by atoms with Gasteiger partial charge in [0.1, 0.15) is 5.60 Å². The minimum atomic E-state index is -1.26. The summed E-state index contributed by atoms with van der Waals surface area (Å²) in [5.74, 6) is -0.0465. The standard InChI is InChI=1S/C27H29N5O3.Li/c1-18-9-10-27(16-32(24(33)35-27)20(3)29-13-19(2)25(4,5)34)14-26(18,6)15-31-17-30-22-8-7-21(12-28)11-23(22)31;/h2-3,7-8,11,13,17,34H,1,9-10,14-16H2,4-6H3;/q-2;+1/b29-13-;/t26-,27-;/m0./s1. The van der Waals surface area contributed by atoms with Crippen molar-refractivity contribution in [2.75, 3.05) is 6.54 Å². The zero-order chi connectivity index (χ0) is 25.6. The van der Waals surface area contributed by atoms with Crippen molar-refractivity contribution in [1.82, 2.24) is 14.5 Å². The molecule has 1 saturated heterocycles. The molecule has 2 fully saturated rings. The predicted molar refractivity (Wildman–Crippen MR) is 132 cm³/mol. The molecule has 182 valence electrons. The van der Waals surface area contributed by atoms with Crippen molar-refractivity contribution in [2.45, 2.75) is 57.8 Å². The minimum Gasteiger partial charge on any atom is -0.470 e. The van der Waals surface area contributed by atoms with Gasteiger partial charge in [0, 0.05) is 12.0 Å². The molecule has 0 unspecified atom stereocenters. The van der Waals surface area contributed by atoms with E-state index in [4.69, 9.17) is 17.9 Å². The molecule has 2 heterocycles. The Labute approximate surface area is 223 Å². The van der Waals surface area contributed by atoms with Crippen molar-refractivity contribution in [2.24, 2.45) is 10.4 Å². The van der Waals surface area contributed by atoms with Crippen molar-refractivity contribution in [3.63, 3.8) is 0 Å². The third-order valence-corrected chi connectivity index (χ3v) is 7.01. The number of hydrogen-bond donors (Lipinski definition) is 1. The van der Waals surface area contributed by atoms with Crippen LogP contribution in [0.15, 0.2) is 53.1 Å². The SMILES string of the molecule is [CH-]=C(/N=C\C(=[CH-])C(C)(C)O)N1C[C@@]2(CCC(=C)[C@](C)(Cn3cnc4ccc(C#N)cc43)C2)OC1=O.[Li+]. The van der Waals surface area contributed by atoms with E-state index in [1.807, 2.05) is 16.7 Å². The molecule has 1 aliphatic heterocycles. The van der Waals surface area contributed by atoms with Crippen LogP contribution in [-0.2, 0) is 11.3 Å². The number of benzene rings is 1. The van der Waals surface area contributed by atoms with Gasteiger partial charge in [-0.15, -0.1) is 6.21 Å². The molecule has 1 N–H and O–H groups in total. The summed E-state index contributed by atoms with van der Waals surface area (Å²) < 4.78 is 7.92. The van der Waals surface area contributed by atoms with E-state index in [2.05, 4.69) is 29.5 Å². The number of nitriles is 1. The topological polar surface area (TPSA) is 104 Å². The van der Waals surface area contributed by atoms with Gasteiger partial charge in [-0.25, -0.2) is 9.78 Å². The van der Waals surface area contributed by atoms with Crippen molar-refractivity contribution in [3.8, 4) is 6.07 Å². The number of carbonyl (C=O) groups excluding carboxylic acids is 1. The summed E-state index contributed by atoms with van der Waals surface area (Å²) in [5.41, 5.74) is 1.05. The zero-order valence-electron chi connectivity index (χ0n) is 21.3. The Bertz CT molecular complexity index is 1310. The van der Waals surface area contributed by atoms with Gasteiger partial charge in [-0.1, -0.05) is 24.9 Å². The third-order valence-electron chi connectivity index (χ3n) is 7.01. The van der Waals surface area contributed by atoms with Crippen molar-refractivity contribution in [1.29, 1.82) is 5.26 Å². The first kappa shape index (κ1) is 27.5. The molecule has 2 aliphatic rings. The smallest absolute Gasteiger partial charge is 0.470 e. The number of ether oxygens (including phenoxy) is 1. The molecule has 1 aromatic heterocycles. The van der Waals surface area contributed by atoms with Crippen LogP contribution in [0.1, 0.15) is 45.6 Å². The zero-order valence-corrected chi connectivity index (χ0v) is 21.3. The number of aromatic nitrogens is 2. The van der Waals surface area contributed by atoms with Gasteiger partial charge in [0.15, 0.2) is 0 Å². The number of hydrogen-bond acceptors (Lipinski definition) is 6. The molecule has 1 aromatic carbocycles. The van der Waals surface area contributed by atoms with Crippen LogP contribution >= 0.6 is 0 Å². The Morgan fingerprint density at radius 3 is 2.83 bits per heavy atom. The summed E-state index contributed by atoms with van der Waals surface area (Å²) in [4.78, 5) is 22.6. The van der Waals surface area contributed by atoms with Gasteiger partial charge in [-0.2, -0.15) is 10.8 Å². The maximum absolute atomic E-state index is 12.8. The minimum absolute atomic E-state index is 0. The van der Waals surface area contributed by atoms with Gasteiger partial charge < -0.3 is 26.0 Å². The number of nitrogens with zero attached hydrogens (tertiary/aromatic N) is 5. The largest absolute Gasteiger partial charge is 1.00 e. The number of carbonyl (C=O) groups is 1. The number of rotatable bonds is 6. The molecule has 1 saturated carbocycles. The Kier molecular flexibility index (Phi) is 7.44. The van der Waals surface area contributed by atoms with Gasteiger partial charge in [0.2, 0.25) is 0 Å². The van der Waals surface area contributed by atoms with Gasteiger partial charge in [-0.05, 0) is 51.3 Å². The molecule has 1 amide bonds. The average Bonchev–Trinajstić information content (AvgIpc) is 3.33. The first-order valence-corrected chi connectivity index (χ1v) is 11.4. The van der Waals surface area contributed by atoms with E-state index in [0.717, 1.165) is 16.6 Å². The van der Waals surface area contributed by atoms with E-state index in [1.54, 1.807) is 12.4 Å². The maximum Gasteiger partial charge on any atom is 1.00 e. The Morgan fingerprint density at radius 1 is 1.44 bits per heavy atom. The summed E-state index contributed by atoms with van der Waals surface area (Å²) in [5, 5.41) is 19.3. The van der Waals surface area contributed by atoms with Crippen LogP contribution in [0.4, 0.5) is 4.79 Å². The van der Waals surface area contributed by atoms with E-state index < -0.39 is 17.3 Å². The van der Waals surface area contributed by atoms with Gasteiger partial charge in [0.25, 0.3) is 0 Å². The molecule has 0 bridgehead atoms. The van der Waals surface area contributed by atoms with Crippen LogP contribution < -0.4 is 18.9 Å². The Balaban J connectivity index is 0.00000361. The molecular weight excluding hydrogens is 449 g/mol. The van der Waals surface area contributed by atoms with E-state index in [1.165, 1.54) is 25.0 Å². The summed E-state index contributed by atoms with van der Waals surface area (Å²) in [6, 6.07) is 7.58. The van der Waals surface area contributed by atoms with Crippen LogP contribution in [0.25, 0.3) is 11.0 Å². The fourth-order valence-corrected chi connectivity index (χ4v) is 4.79. The molecule has 2 aromatic rings. The van der Waals surface area contributed by atoms with E-state index in [0.29, 0.717) is 31.4 Å². The van der Waals surface area contributed by atoms with Gasteiger partial charge in [-0.3, -0.25) is 11.5 Å². The second kappa shape index (κ2) is 9.75. The normalized spacial score (nSPS) is 24.1. The van der Waals surface area contributed by atoms with Crippen LogP contribution in [0.2, 0.25) is 0 Å². The fraction of sp³-hybridized carbons (Fsp3) is 0.407. The van der Waals surface area contributed by atoms with Crippen LogP contribution in [0.3, 0.4) is 0 Å². The van der Waals surface area contributed by atoms with Crippen molar-refractivity contribution < 1.29 is 33.5 Å². The predicted octanol–water partition coefficient (Wildman–Crippen LogP) is 1.32. The molecule has 36 heavy (non-hydrogen) atoms. The van der Waals surface area contributed by atoms with Gasteiger partial charge in [0.05, 0.1) is 41.1 Å². The monoisotopic (exact) mass is 478 g/mol. The molecule has 0 radical (unpaired) electrons. The molecule has 8 nitrogen and oxygen atoms in total. The first-order valence-electron chi connectivity index (χ1n) is 11.4. The fourth-order valence-electron chi connectivity index (χ4n) is 4.79. The Hall–Kier alpha value is -3.10. The molecule has 9 heteroatoms. The van der Waals surface area contributed by atoms with Crippen molar-refractivity contribution in [3.05, 3.63) is 66.8 Å². The van der Waals surface area contributed by atoms with E-state index in [9.17, 15) is 15.2 Å². The van der Waals surface area contributed by atoms with Crippen LogP contribution in [0, 0.1) is 29.9 Å². The first-order chi connectivity index (χ1) is 16.4. The summed E-state index contributed by atoms with van der Waals surface area (Å²) in [6.07, 6.45) is 4.32. The van der Waals surface area contributed by atoms with Crippen LogP contribution in [-0.4, -0.2) is 49.6 Å². The number of aliphatic imine (C=N–C) groups is 1. The van der Waals surface area contributed by atoms with Crippen molar-refractivity contribution >= 4 is 23.3 Å². The number of imidazole rings is 1. The number of fused-ring (bicyclic) bond motifs is 1. The molecule has 4 rings (SSSR count). The third kappa shape index (κ3) is 5.20. The second-order valence-corrected chi connectivity index (χ2v) is 10.3. The second-order valence-electron chi connectivity index (χ2n) is 10.3. The van der Waals surface area contributed by atoms with Gasteiger partial charge >= 0.3 is 25.0 Å². The summed E-state index contributed by atoms with van der Waals surface area (Å²) in [7, 11) is 0. The quantitative estimate of drug-likeness (QED) is 0.292. The molecule has 1 aliphatic carbocycles. The maximum atomic E-state index is 12.8. The number of aliphatic hydroxyl groups is 1. The number of amides is 1. The summed E-state index contributed by atoms with van der Waals surface area (Å²) >= 11 is 0. The van der Waals surface area contributed by atoms with E-state index >= 15 is 0 Å². The molecule has 2 atom stereocenters. The molecular formula is C27H29LiN5O3-. The molecule has 1 spiro atoms. The number of allylic oxidation sites excluding steroid dienone is 1.